The van der Waals surface area contributed by atoms with Gasteiger partial charge in [0, 0.05) is 16.1 Å². The van der Waals surface area contributed by atoms with Crippen LogP contribution in [0.4, 0.5) is 26.3 Å². The monoisotopic (exact) mass is 608 g/mol. The Balaban J connectivity index is 0.000000226. The van der Waals surface area contributed by atoms with Gasteiger partial charge in [-0.3, -0.25) is 0 Å². The van der Waals surface area contributed by atoms with Gasteiger partial charge in [0.2, 0.25) is 12.2 Å². The molecule has 4 rings (SSSR count). The number of benzene rings is 2. The van der Waals surface area contributed by atoms with Crippen LogP contribution < -0.4 is 14.2 Å². The second-order valence-electron chi connectivity index (χ2n) is 8.99. The van der Waals surface area contributed by atoms with Crippen molar-refractivity contribution in [3.05, 3.63) is 62.2 Å². The van der Waals surface area contributed by atoms with Gasteiger partial charge in [-0.15, -0.1) is 0 Å². The van der Waals surface area contributed by atoms with E-state index in [1.165, 1.54) is 19.2 Å². The van der Waals surface area contributed by atoms with E-state index in [1.54, 1.807) is 26.8 Å². The first-order chi connectivity index (χ1) is 18.9. The van der Waals surface area contributed by atoms with E-state index < -0.39 is 47.6 Å². The van der Waals surface area contributed by atoms with E-state index >= 15 is 0 Å². The number of hydrogen-bond donors (Lipinski definition) is 2. The van der Waals surface area contributed by atoms with Gasteiger partial charge >= 0.3 is 24.3 Å². The molecule has 0 radical (unpaired) electrons. The first kappa shape index (κ1) is 31.7. The Morgan fingerprint density at radius 3 is 1.95 bits per heavy atom. The molecule has 0 aromatic heterocycles. The van der Waals surface area contributed by atoms with Gasteiger partial charge in [0.05, 0.1) is 18.3 Å². The summed E-state index contributed by atoms with van der Waals surface area (Å²) in [6.07, 6.45) is -12.2. The zero-order valence-corrected chi connectivity index (χ0v) is 22.6. The third kappa shape index (κ3) is 6.55. The number of methoxy groups -OCH3 is 1. The molecule has 0 saturated heterocycles. The molecule has 2 atom stereocenters. The van der Waals surface area contributed by atoms with Gasteiger partial charge in [0.15, 0.2) is 0 Å². The molecule has 14 heteroatoms. The lowest BCUT2D eigenvalue weighted by atomic mass is 9.96. The van der Waals surface area contributed by atoms with Gasteiger partial charge in [0.1, 0.15) is 17.2 Å². The predicted octanol–water partition coefficient (Wildman–Crippen LogP) is 6.80. The normalized spacial score (nSPS) is 17.8. The number of hydrogen-bond acceptors (Lipinski definition) is 5. The van der Waals surface area contributed by atoms with Crippen LogP contribution in [0.5, 0.6) is 17.2 Å². The Hall–Kier alpha value is -3.87. The summed E-state index contributed by atoms with van der Waals surface area (Å²) in [6, 6.07) is 4.40. The zero-order valence-electron chi connectivity index (χ0n) is 21.8. The van der Waals surface area contributed by atoms with Gasteiger partial charge < -0.3 is 24.4 Å². The largest absolute Gasteiger partial charge is 0.497 e. The summed E-state index contributed by atoms with van der Waals surface area (Å²) in [5.41, 5.74) is 0.414. The van der Waals surface area contributed by atoms with E-state index in [9.17, 15) is 35.9 Å². The molecule has 0 spiro atoms. The van der Waals surface area contributed by atoms with Crippen molar-refractivity contribution in [3.8, 4) is 17.2 Å². The summed E-state index contributed by atoms with van der Waals surface area (Å²) in [5.74, 6) is -2.87. The Morgan fingerprint density at radius 1 is 0.927 bits per heavy atom. The third-order valence-electron chi connectivity index (χ3n) is 6.22. The van der Waals surface area contributed by atoms with Gasteiger partial charge in [0.25, 0.3) is 0 Å². The molecule has 2 aromatic carbocycles. The number of fused-ring (bicyclic) bond motifs is 2. The minimum atomic E-state index is -4.80. The van der Waals surface area contributed by atoms with Crippen LogP contribution in [0.2, 0.25) is 5.02 Å². The maximum atomic E-state index is 13.0. The van der Waals surface area contributed by atoms with Gasteiger partial charge in [-0.25, -0.2) is 9.59 Å². The number of ether oxygens (including phenoxy) is 3. The van der Waals surface area contributed by atoms with Crippen LogP contribution in [0, 0.1) is 13.8 Å². The number of rotatable bonds is 4. The van der Waals surface area contributed by atoms with Crippen LogP contribution in [0.3, 0.4) is 0 Å². The standard InChI is InChI=1S/C14H13F3O4.C13H10ClF3O3/c1-3-7-4-9(20-2)5-8-6-10(13(18)19)12(14(15,16)17)21-11(7)8;1-5-3-9-7(6(2)10(5)14)4-8(12(18)19)11(20-9)13(15,16)17/h4-6,12H,3H2,1-2H3,(H,18,19);3-4,11H,1-2H3,(H,18,19)/t12-;11-/m00/s1. The molecule has 0 unspecified atom stereocenters. The Morgan fingerprint density at radius 2 is 1.46 bits per heavy atom. The number of carbonyl (C=O) groups is 2. The molecule has 2 heterocycles. The van der Waals surface area contributed by atoms with Gasteiger partial charge in [-0.2, -0.15) is 26.3 Å². The summed E-state index contributed by atoms with van der Waals surface area (Å²) in [5, 5.41) is 18.3. The zero-order chi connectivity index (χ0) is 31.0. The average Bonchev–Trinajstić information content (AvgIpc) is 2.88. The highest BCUT2D eigenvalue weighted by molar-refractivity contribution is 6.32. The second kappa shape index (κ2) is 11.6. The molecule has 2 N–H and O–H groups in total. The molecule has 0 amide bonds. The molecule has 0 fully saturated rings. The van der Waals surface area contributed by atoms with Crippen molar-refractivity contribution >= 4 is 35.7 Å². The first-order valence-corrected chi connectivity index (χ1v) is 12.2. The van der Waals surface area contributed by atoms with E-state index in [-0.39, 0.29) is 22.6 Å². The Kier molecular flexibility index (Phi) is 8.92. The Bertz CT molecular complexity index is 1440. The molecule has 2 aliphatic heterocycles. The van der Waals surface area contributed by atoms with Crippen molar-refractivity contribution in [2.24, 2.45) is 0 Å². The lowest BCUT2D eigenvalue weighted by molar-refractivity contribution is -0.187. The highest BCUT2D eigenvalue weighted by Gasteiger charge is 2.49. The third-order valence-corrected chi connectivity index (χ3v) is 6.80. The number of aliphatic carboxylic acids is 2. The van der Waals surface area contributed by atoms with E-state index in [4.69, 9.17) is 36.0 Å². The highest BCUT2D eigenvalue weighted by Crippen LogP contribution is 2.42. The van der Waals surface area contributed by atoms with Gasteiger partial charge in [-0.05, 0) is 67.3 Å². The predicted molar refractivity (Wildman–Crippen MR) is 135 cm³/mol. The Labute approximate surface area is 234 Å². The van der Waals surface area contributed by atoms with Crippen molar-refractivity contribution in [2.45, 2.75) is 51.8 Å². The lowest BCUT2D eigenvalue weighted by Crippen LogP contribution is -2.40. The molecular weight excluding hydrogens is 586 g/mol. The van der Waals surface area contributed by atoms with Crippen LogP contribution in [-0.2, 0) is 16.0 Å². The molecule has 41 heavy (non-hydrogen) atoms. The highest BCUT2D eigenvalue weighted by atomic mass is 35.5. The van der Waals surface area contributed by atoms with Crippen LogP contribution in [0.1, 0.15) is 34.7 Å². The smallest absolute Gasteiger partial charge is 0.430 e. The number of carboxylic acids is 2. The summed E-state index contributed by atoms with van der Waals surface area (Å²) in [6.45, 7) is 5.00. The summed E-state index contributed by atoms with van der Waals surface area (Å²) < 4.78 is 92.4. The van der Waals surface area contributed by atoms with E-state index in [0.717, 1.165) is 12.2 Å². The van der Waals surface area contributed by atoms with Crippen LogP contribution in [0.25, 0.3) is 12.2 Å². The molecule has 2 aromatic rings. The topological polar surface area (TPSA) is 102 Å². The molecule has 7 nitrogen and oxygen atoms in total. The van der Waals surface area contributed by atoms with Crippen molar-refractivity contribution < 1.29 is 60.4 Å². The molecule has 0 bridgehead atoms. The number of aryl methyl sites for hydroxylation is 2. The van der Waals surface area contributed by atoms with Crippen LogP contribution in [0.15, 0.2) is 29.3 Å². The fourth-order valence-electron chi connectivity index (χ4n) is 4.21. The summed E-state index contributed by atoms with van der Waals surface area (Å²) >= 11 is 6.01. The van der Waals surface area contributed by atoms with Crippen molar-refractivity contribution in [1.82, 2.24) is 0 Å². The first-order valence-electron chi connectivity index (χ1n) is 11.8. The van der Waals surface area contributed by atoms with Crippen LogP contribution >= 0.6 is 11.6 Å². The van der Waals surface area contributed by atoms with Crippen LogP contribution in [-0.4, -0.2) is 53.8 Å². The van der Waals surface area contributed by atoms with E-state index in [2.05, 4.69) is 0 Å². The SMILES string of the molecule is CCc1cc(OC)cc2c1O[C@H](C(F)(F)F)C(C(=O)O)=C2.Cc1cc2c(c(C)c1Cl)C=C(C(=O)O)[C@@H](C(F)(F)F)O2. The maximum absolute atomic E-state index is 13.0. The van der Waals surface area contributed by atoms with Crippen molar-refractivity contribution in [3.63, 3.8) is 0 Å². The quantitative estimate of drug-likeness (QED) is 0.368. The maximum Gasteiger partial charge on any atom is 0.430 e. The minimum Gasteiger partial charge on any atom is -0.497 e. The molecule has 222 valence electrons. The molecule has 2 aliphatic rings. The molecule has 0 aliphatic carbocycles. The van der Waals surface area contributed by atoms with Crippen molar-refractivity contribution in [2.75, 3.05) is 7.11 Å². The van der Waals surface area contributed by atoms with Gasteiger partial charge in [-0.1, -0.05) is 18.5 Å². The fraction of sp³-hybridized carbons (Fsp3) is 0.333. The molecular formula is C27H23ClF6O7. The lowest BCUT2D eigenvalue weighted by Gasteiger charge is -2.28. The fourth-order valence-corrected chi connectivity index (χ4v) is 4.36. The van der Waals surface area contributed by atoms with Crippen molar-refractivity contribution in [1.29, 1.82) is 0 Å². The summed E-state index contributed by atoms with van der Waals surface area (Å²) in [7, 11) is 1.42. The summed E-state index contributed by atoms with van der Waals surface area (Å²) in [4.78, 5) is 22.1. The average molecular weight is 609 g/mol. The van der Waals surface area contributed by atoms with E-state index in [0.29, 0.717) is 33.9 Å². The van der Waals surface area contributed by atoms with E-state index in [1.807, 2.05) is 0 Å². The molecule has 0 saturated carbocycles. The number of carboxylic acid groups (broad SMARTS) is 2. The number of halogens is 7. The second-order valence-corrected chi connectivity index (χ2v) is 9.37. The number of alkyl halides is 6. The minimum absolute atomic E-state index is 0.0169.